The monoisotopic (exact) mass is 655 g/mol. The van der Waals surface area contributed by atoms with Crippen molar-refractivity contribution in [1.29, 1.82) is 5.26 Å². The first-order chi connectivity index (χ1) is 20.9. The highest BCUT2D eigenvalue weighted by Crippen LogP contribution is 2.30. The lowest BCUT2D eigenvalue weighted by Gasteiger charge is -2.32. The molecule has 1 aromatic carbocycles. The fourth-order valence-corrected chi connectivity index (χ4v) is 4.79. The Morgan fingerprint density at radius 1 is 1.13 bits per heavy atom. The van der Waals surface area contributed by atoms with Gasteiger partial charge in [-0.25, -0.2) is 14.6 Å². The van der Waals surface area contributed by atoms with Gasteiger partial charge in [-0.2, -0.15) is 23.4 Å². The number of carboxylic acid groups (broad SMARTS) is 2. The largest absolute Gasteiger partial charge is 0.490 e. The van der Waals surface area contributed by atoms with Crippen LogP contribution in [-0.2, 0) is 11.3 Å². The van der Waals surface area contributed by atoms with E-state index < -0.39 is 18.2 Å². The van der Waals surface area contributed by atoms with E-state index in [-0.39, 0.29) is 34.3 Å². The molecule has 1 saturated carbocycles. The Balaban J connectivity index is 0.000000900. The average molecular weight is 656 g/mol. The molecule has 1 aliphatic carbocycles. The van der Waals surface area contributed by atoms with Gasteiger partial charge in [0.2, 0.25) is 5.82 Å². The molecule has 3 rings (SSSR count). The summed E-state index contributed by atoms with van der Waals surface area (Å²) in [5.41, 5.74) is 4.29. The summed E-state index contributed by atoms with van der Waals surface area (Å²) >= 11 is 6.35. The van der Waals surface area contributed by atoms with Gasteiger partial charge in [0.05, 0.1) is 12.2 Å². The number of amides is 2. The molecule has 1 aromatic heterocycles. The fourth-order valence-electron chi connectivity index (χ4n) is 4.61. The van der Waals surface area contributed by atoms with Crippen molar-refractivity contribution in [2.45, 2.75) is 77.7 Å². The number of hydrazine groups is 1. The van der Waals surface area contributed by atoms with E-state index in [2.05, 4.69) is 25.6 Å². The zero-order chi connectivity index (χ0) is 33.9. The van der Waals surface area contributed by atoms with Crippen molar-refractivity contribution in [2.24, 2.45) is 5.41 Å². The number of nitrogens with one attached hydrogen (secondary N) is 2. The summed E-state index contributed by atoms with van der Waals surface area (Å²) in [6, 6.07) is 9.16. The summed E-state index contributed by atoms with van der Waals surface area (Å²) in [6.45, 7) is 7.43. The lowest BCUT2D eigenvalue weighted by Crippen LogP contribution is -2.48. The fraction of sp³-hybridized carbons (Fsp3) is 0.517. The smallest absolute Gasteiger partial charge is 0.475 e. The Kier molecular flexibility index (Phi) is 13.4. The molecule has 1 aliphatic rings. The Hall–Kier alpha value is -4.16. The molecule has 0 radical (unpaired) electrons. The average Bonchev–Trinajstić information content (AvgIpc) is 3.48. The van der Waals surface area contributed by atoms with Crippen LogP contribution in [0.5, 0.6) is 0 Å². The van der Waals surface area contributed by atoms with Crippen molar-refractivity contribution in [3.05, 3.63) is 52.4 Å². The molecule has 2 aromatic rings. The highest BCUT2D eigenvalue weighted by Gasteiger charge is 2.38. The maximum atomic E-state index is 13.2. The van der Waals surface area contributed by atoms with Crippen LogP contribution in [0, 0.1) is 16.7 Å². The number of aromatic nitrogens is 2. The number of anilines is 1. The van der Waals surface area contributed by atoms with E-state index in [0.29, 0.717) is 30.9 Å². The summed E-state index contributed by atoms with van der Waals surface area (Å²) < 4.78 is 31.7. The van der Waals surface area contributed by atoms with Gasteiger partial charge in [0.25, 0.3) is 5.91 Å². The Bertz CT molecular complexity index is 1360. The second kappa shape index (κ2) is 16.2. The first-order valence-corrected chi connectivity index (χ1v) is 14.4. The van der Waals surface area contributed by atoms with E-state index in [9.17, 15) is 28.0 Å². The van der Waals surface area contributed by atoms with Gasteiger partial charge >= 0.3 is 18.2 Å². The minimum Gasteiger partial charge on any atom is -0.475 e. The van der Waals surface area contributed by atoms with Crippen LogP contribution in [0.3, 0.4) is 0 Å². The third-order valence-corrected chi connectivity index (χ3v) is 7.29. The third-order valence-electron chi connectivity index (χ3n) is 7.02. The van der Waals surface area contributed by atoms with E-state index >= 15 is 0 Å². The summed E-state index contributed by atoms with van der Waals surface area (Å²) in [6.07, 6.45) is -0.198. The summed E-state index contributed by atoms with van der Waals surface area (Å²) in [5, 5.41) is 30.1. The van der Waals surface area contributed by atoms with Crippen molar-refractivity contribution >= 4 is 35.4 Å². The molecule has 0 bridgehead atoms. The lowest BCUT2D eigenvalue weighted by atomic mass is 9.85. The van der Waals surface area contributed by atoms with E-state index in [1.54, 1.807) is 17.1 Å². The van der Waals surface area contributed by atoms with Crippen LogP contribution in [-0.4, -0.2) is 74.9 Å². The van der Waals surface area contributed by atoms with Crippen LogP contribution in [0.4, 0.5) is 23.8 Å². The minimum absolute atomic E-state index is 0.0114. The third kappa shape index (κ3) is 12.0. The highest BCUT2D eigenvalue weighted by atomic mass is 35.5. The van der Waals surface area contributed by atoms with E-state index in [0.717, 1.165) is 31.2 Å². The number of carbonyl (C=O) groups is 3. The summed E-state index contributed by atoms with van der Waals surface area (Å²) in [5.74, 6) is -2.74. The summed E-state index contributed by atoms with van der Waals surface area (Å²) in [7, 11) is 1.99. The molecular formula is C29H37ClF3N7O5. The minimum atomic E-state index is -5.08. The molecular weight excluding hydrogens is 619 g/mol. The number of rotatable bonds is 10. The number of nitriles is 1. The molecule has 0 saturated heterocycles. The van der Waals surface area contributed by atoms with Crippen molar-refractivity contribution in [3.63, 3.8) is 0 Å². The van der Waals surface area contributed by atoms with Crippen LogP contribution >= 0.6 is 11.6 Å². The van der Waals surface area contributed by atoms with Crippen molar-refractivity contribution in [3.8, 4) is 6.07 Å². The number of nitrogens with zero attached hydrogens (tertiary/aromatic N) is 5. The molecule has 1 heterocycles. The van der Waals surface area contributed by atoms with E-state index in [4.69, 9.17) is 26.6 Å². The number of carbonyl (C=O) groups excluding carboxylic acids is 1. The topological polar surface area (TPSA) is 172 Å². The maximum absolute atomic E-state index is 13.2. The molecule has 1 atom stereocenters. The zero-order valence-corrected chi connectivity index (χ0v) is 26.1. The first kappa shape index (κ1) is 37.0. The van der Waals surface area contributed by atoms with Gasteiger partial charge in [-0.15, -0.1) is 0 Å². The number of hydrogen-bond acceptors (Lipinski definition) is 8. The zero-order valence-electron chi connectivity index (χ0n) is 25.4. The number of halogens is 4. The molecule has 1 unspecified atom stereocenters. The number of alkyl halides is 3. The predicted molar refractivity (Wildman–Crippen MR) is 159 cm³/mol. The number of benzene rings is 1. The molecule has 4 N–H and O–H groups in total. The molecule has 1 fully saturated rings. The molecule has 12 nitrogen and oxygen atoms in total. The molecule has 2 amide bonds. The van der Waals surface area contributed by atoms with Crippen LogP contribution in [0.15, 0.2) is 30.5 Å². The second-order valence-electron chi connectivity index (χ2n) is 11.6. The van der Waals surface area contributed by atoms with Crippen LogP contribution < -0.4 is 15.8 Å². The van der Waals surface area contributed by atoms with E-state index in [1.807, 2.05) is 46.0 Å². The van der Waals surface area contributed by atoms with Gasteiger partial charge in [0, 0.05) is 24.7 Å². The quantitative estimate of drug-likeness (QED) is 0.248. The Morgan fingerprint density at radius 3 is 2.20 bits per heavy atom. The van der Waals surface area contributed by atoms with Gasteiger partial charge in [0.15, 0.2) is 5.82 Å². The van der Waals surface area contributed by atoms with Gasteiger partial charge in [0.1, 0.15) is 11.1 Å². The van der Waals surface area contributed by atoms with Gasteiger partial charge in [-0.3, -0.25) is 15.2 Å². The SMILES string of the molecule is CN(CCC(NC(=O)O)C(C)(C)C)Cc1ccc(C(=O)NN(c2nc(C#N)ncc2Cl)C2CCCC2)cc1.O=C(O)C(F)(F)F. The highest BCUT2D eigenvalue weighted by molar-refractivity contribution is 6.32. The number of carboxylic acids is 1. The second-order valence-corrected chi connectivity index (χ2v) is 12.0. The van der Waals surface area contributed by atoms with Gasteiger partial charge in [-0.05, 0) is 49.4 Å². The normalized spacial score (nSPS) is 14.1. The molecule has 45 heavy (non-hydrogen) atoms. The van der Waals surface area contributed by atoms with Crippen LogP contribution in [0.1, 0.15) is 74.6 Å². The molecule has 0 aliphatic heterocycles. The van der Waals surface area contributed by atoms with Crippen molar-refractivity contribution in [2.75, 3.05) is 18.6 Å². The molecule has 246 valence electrons. The maximum Gasteiger partial charge on any atom is 0.490 e. The summed E-state index contributed by atoms with van der Waals surface area (Å²) in [4.78, 5) is 43.5. The van der Waals surface area contributed by atoms with Crippen LogP contribution in [0.2, 0.25) is 5.02 Å². The Morgan fingerprint density at radius 2 is 1.71 bits per heavy atom. The van der Waals surface area contributed by atoms with Crippen molar-refractivity contribution < 1.29 is 37.8 Å². The van der Waals surface area contributed by atoms with Crippen LogP contribution in [0.25, 0.3) is 0 Å². The van der Waals surface area contributed by atoms with Gasteiger partial charge < -0.3 is 20.4 Å². The van der Waals surface area contributed by atoms with Crippen molar-refractivity contribution in [1.82, 2.24) is 25.6 Å². The first-order valence-electron chi connectivity index (χ1n) is 14.0. The lowest BCUT2D eigenvalue weighted by molar-refractivity contribution is -0.192. The molecule has 16 heteroatoms. The number of hydrogen-bond donors (Lipinski definition) is 4. The van der Waals surface area contributed by atoms with E-state index in [1.165, 1.54) is 6.20 Å². The van der Waals surface area contributed by atoms with Gasteiger partial charge in [-0.1, -0.05) is 57.3 Å². The Labute approximate surface area is 264 Å². The predicted octanol–water partition coefficient (Wildman–Crippen LogP) is 5.23. The molecule has 0 spiro atoms. The number of aliphatic carboxylic acids is 1. The standard InChI is InChI=1S/C27H36ClN7O3.C2HF3O2/c1-27(2,3)22(31-26(37)38)13-14-34(4)17-18-9-11-19(12-10-18)25(36)33-35(20-7-5-6-8-20)24-21(28)16-30-23(15-29)32-24;3-2(4,5)1(6)7/h9-12,16,20,22,31H,5-8,13-14,17H2,1-4H3,(H,33,36)(H,37,38);(H,6,7).